The summed E-state index contributed by atoms with van der Waals surface area (Å²) < 4.78 is 55.9. The number of rotatable bonds is 6. The van der Waals surface area contributed by atoms with Gasteiger partial charge in [-0.1, -0.05) is 18.2 Å². The monoisotopic (exact) mass is 387 g/mol. The molecule has 0 unspecified atom stereocenters. The average molecular weight is 387 g/mol. The third-order valence-corrected chi connectivity index (χ3v) is 4.04. The van der Waals surface area contributed by atoms with Gasteiger partial charge in [0.05, 0.1) is 11.3 Å². The topological polar surface area (TPSA) is 55.4 Å². The number of alkyl halides is 3. The van der Waals surface area contributed by atoms with E-state index in [1.165, 1.54) is 24.3 Å². The van der Waals surface area contributed by atoms with Gasteiger partial charge in [-0.25, -0.2) is 4.39 Å². The Morgan fingerprint density at radius 3 is 2.50 bits per heavy atom. The number of ether oxygens (including phenoxy) is 1. The molecule has 0 aliphatic rings. The van der Waals surface area contributed by atoms with Gasteiger partial charge in [-0.3, -0.25) is 9.59 Å². The Balaban J connectivity index is 1.80. The quantitative estimate of drug-likeness (QED) is 0.460. The van der Waals surface area contributed by atoms with Gasteiger partial charge in [0.25, 0.3) is 5.91 Å². The van der Waals surface area contributed by atoms with Crippen LogP contribution in [0.1, 0.15) is 5.56 Å². The van der Waals surface area contributed by atoms with Gasteiger partial charge in [0.2, 0.25) is 0 Å². The van der Waals surface area contributed by atoms with Gasteiger partial charge in [-0.05, 0) is 30.3 Å². The van der Waals surface area contributed by atoms with E-state index in [1.54, 1.807) is 6.07 Å². The van der Waals surface area contributed by atoms with Gasteiger partial charge in [0.1, 0.15) is 5.82 Å². The Morgan fingerprint density at radius 1 is 1.08 bits per heavy atom. The van der Waals surface area contributed by atoms with Crippen LogP contribution in [0.15, 0.2) is 53.4 Å². The van der Waals surface area contributed by atoms with Crippen LogP contribution in [0.4, 0.5) is 23.2 Å². The first-order chi connectivity index (χ1) is 12.3. The van der Waals surface area contributed by atoms with Gasteiger partial charge < -0.3 is 10.1 Å². The lowest BCUT2D eigenvalue weighted by Crippen LogP contribution is -2.21. The molecular formula is C17H13F4NO3S. The van der Waals surface area contributed by atoms with Crippen molar-refractivity contribution in [3.8, 4) is 0 Å². The Hall–Kier alpha value is -2.55. The van der Waals surface area contributed by atoms with Crippen LogP contribution < -0.4 is 5.32 Å². The van der Waals surface area contributed by atoms with Crippen molar-refractivity contribution in [1.82, 2.24) is 0 Å². The van der Waals surface area contributed by atoms with Gasteiger partial charge in [0, 0.05) is 10.6 Å². The summed E-state index contributed by atoms with van der Waals surface area (Å²) in [5.41, 5.74) is -0.977. The SMILES string of the molecule is O=C(COC(=O)CSc1ccccc1F)Nc1cccc(C(F)(F)F)c1. The fraction of sp³-hybridized carbons (Fsp3) is 0.176. The highest BCUT2D eigenvalue weighted by Crippen LogP contribution is 2.30. The number of nitrogens with one attached hydrogen (secondary N) is 1. The maximum Gasteiger partial charge on any atom is 0.416 e. The molecule has 0 radical (unpaired) electrons. The summed E-state index contributed by atoms with van der Waals surface area (Å²) >= 11 is 0.909. The zero-order valence-electron chi connectivity index (χ0n) is 13.2. The van der Waals surface area contributed by atoms with E-state index in [0.29, 0.717) is 0 Å². The number of hydrogen-bond donors (Lipinski definition) is 1. The molecule has 0 atom stereocenters. The number of anilines is 1. The van der Waals surface area contributed by atoms with E-state index in [9.17, 15) is 27.2 Å². The van der Waals surface area contributed by atoms with Crippen LogP contribution in [0, 0.1) is 5.82 Å². The summed E-state index contributed by atoms with van der Waals surface area (Å²) in [5.74, 6) is -2.23. The molecule has 1 amide bonds. The first kappa shape index (κ1) is 19.8. The molecule has 0 spiro atoms. The summed E-state index contributed by atoms with van der Waals surface area (Å²) in [4.78, 5) is 23.5. The largest absolute Gasteiger partial charge is 0.455 e. The first-order valence-corrected chi connectivity index (χ1v) is 8.24. The van der Waals surface area contributed by atoms with Crippen LogP contribution in [0.2, 0.25) is 0 Å². The standard InChI is InChI=1S/C17H13F4NO3S/c18-13-6-1-2-7-14(13)26-10-16(24)25-9-15(23)22-12-5-3-4-11(8-12)17(19,20)21/h1-8H,9-10H2,(H,22,23). The van der Waals surface area contributed by atoms with Crippen LogP contribution in [0.5, 0.6) is 0 Å². The van der Waals surface area contributed by atoms with Crippen molar-refractivity contribution in [3.05, 3.63) is 59.9 Å². The highest BCUT2D eigenvalue weighted by molar-refractivity contribution is 8.00. The number of esters is 1. The van der Waals surface area contributed by atoms with E-state index in [-0.39, 0.29) is 16.3 Å². The molecule has 0 fully saturated rings. The summed E-state index contributed by atoms with van der Waals surface area (Å²) in [7, 11) is 0. The van der Waals surface area contributed by atoms with Crippen molar-refractivity contribution in [1.29, 1.82) is 0 Å². The molecule has 0 aromatic heterocycles. The molecule has 0 saturated carbocycles. The van der Waals surface area contributed by atoms with Crippen molar-refractivity contribution in [2.75, 3.05) is 17.7 Å². The smallest absolute Gasteiger partial charge is 0.416 e. The third kappa shape index (κ3) is 6.07. The van der Waals surface area contributed by atoms with Crippen LogP contribution in [0.3, 0.4) is 0 Å². The average Bonchev–Trinajstić information content (AvgIpc) is 2.59. The first-order valence-electron chi connectivity index (χ1n) is 7.26. The highest BCUT2D eigenvalue weighted by Gasteiger charge is 2.30. The maximum absolute atomic E-state index is 13.4. The molecule has 0 aliphatic heterocycles. The normalized spacial score (nSPS) is 11.1. The molecule has 1 N–H and O–H groups in total. The minimum atomic E-state index is -4.53. The fourth-order valence-electron chi connectivity index (χ4n) is 1.86. The second-order valence-corrected chi connectivity index (χ2v) is 6.02. The molecule has 2 rings (SSSR count). The Morgan fingerprint density at radius 2 is 1.81 bits per heavy atom. The molecule has 0 aliphatic carbocycles. The molecule has 0 bridgehead atoms. The van der Waals surface area contributed by atoms with E-state index in [1.807, 2.05) is 0 Å². The van der Waals surface area contributed by atoms with Crippen molar-refractivity contribution >= 4 is 29.3 Å². The number of benzene rings is 2. The zero-order valence-corrected chi connectivity index (χ0v) is 14.0. The second kappa shape index (κ2) is 8.70. The Labute approximate surface area is 150 Å². The lowest BCUT2D eigenvalue weighted by atomic mass is 10.2. The number of hydrogen-bond acceptors (Lipinski definition) is 4. The Bertz CT molecular complexity index is 796. The molecule has 2 aromatic rings. The molecular weight excluding hydrogens is 374 g/mol. The number of carbonyl (C=O) groups is 2. The maximum atomic E-state index is 13.4. The zero-order chi connectivity index (χ0) is 19.2. The van der Waals surface area contributed by atoms with Crippen LogP contribution >= 0.6 is 11.8 Å². The molecule has 26 heavy (non-hydrogen) atoms. The van der Waals surface area contributed by atoms with Gasteiger partial charge in [0.15, 0.2) is 6.61 Å². The van der Waals surface area contributed by atoms with Crippen LogP contribution in [-0.4, -0.2) is 24.2 Å². The fourth-order valence-corrected chi connectivity index (χ4v) is 2.59. The van der Waals surface area contributed by atoms with Gasteiger partial charge >= 0.3 is 12.1 Å². The summed E-state index contributed by atoms with van der Waals surface area (Å²) in [5, 5.41) is 2.21. The van der Waals surface area contributed by atoms with Crippen LogP contribution in [0.25, 0.3) is 0 Å². The van der Waals surface area contributed by atoms with E-state index in [0.717, 1.165) is 30.0 Å². The van der Waals surface area contributed by atoms with Crippen molar-refractivity contribution < 1.29 is 31.9 Å². The minimum absolute atomic E-state index is 0.0680. The molecule has 0 heterocycles. The van der Waals surface area contributed by atoms with Crippen molar-refractivity contribution in [3.63, 3.8) is 0 Å². The van der Waals surface area contributed by atoms with E-state index < -0.39 is 36.0 Å². The van der Waals surface area contributed by atoms with E-state index in [2.05, 4.69) is 5.32 Å². The number of thioether (sulfide) groups is 1. The molecule has 138 valence electrons. The lowest BCUT2D eigenvalue weighted by molar-refractivity contribution is -0.144. The number of amides is 1. The molecule has 9 heteroatoms. The van der Waals surface area contributed by atoms with Gasteiger partial charge in [-0.15, -0.1) is 11.8 Å². The summed E-state index contributed by atoms with van der Waals surface area (Å²) in [6.45, 7) is -0.660. The van der Waals surface area contributed by atoms with Crippen LogP contribution in [-0.2, 0) is 20.5 Å². The number of carbonyl (C=O) groups excluding carboxylic acids is 2. The predicted molar refractivity (Wildman–Crippen MR) is 88.2 cm³/mol. The number of halogens is 4. The molecule has 4 nitrogen and oxygen atoms in total. The van der Waals surface area contributed by atoms with E-state index >= 15 is 0 Å². The van der Waals surface area contributed by atoms with E-state index in [4.69, 9.17) is 4.74 Å². The third-order valence-electron chi connectivity index (χ3n) is 3.02. The molecule has 0 saturated heterocycles. The highest BCUT2D eigenvalue weighted by atomic mass is 32.2. The molecule has 2 aromatic carbocycles. The summed E-state index contributed by atoms with van der Waals surface area (Å²) in [6.07, 6.45) is -4.53. The minimum Gasteiger partial charge on any atom is -0.455 e. The van der Waals surface area contributed by atoms with Crippen molar-refractivity contribution in [2.24, 2.45) is 0 Å². The Kier molecular flexibility index (Phi) is 6.62. The lowest BCUT2D eigenvalue weighted by Gasteiger charge is -2.10. The predicted octanol–water partition coefficient (Wildman–Crippen LogP) is 4.12. The van der Waals surface area contributed by atoms with Gasteiger partial charge in [-0.2, -0.15) is 13.2 Å². The second-order valence-electron chi connectivity index (χ2n) is 5.01. The van der Waals surface area contributed by atoms with Crippen molar-refractivity contribution in [2.45, 2.75) is 11.1 Å². The summed E-state index contributed by atoms with van der Waals surface area (Å²) in [6, 6.07) is 9.93.